The summed E-state index contributed by atoms with van der Waals surface area (Å²) in [4.78, 5) is 5.10. The highest BCUT2D eigenvalue weighted by molar-refractivity contribution is 7.26. The van der Waals surface area contributed by atoms with Crippen molar-refractivity contribution in [2.75, 3.05) is 5.32 Å². The Balaban J connectivity index is 1.02. The zero-order valence-corrected chi connectivity index (χ0v) is 30.7. The maximum Gasteiger partial charge on any atom is 0.125 e. The second-order valence-electron chi connectivity index (χ2n) is 14.5. The van der Waals surface area contributed by atoms with Gasteiger partial charge >= 0.3 is 0 Å². The average Bonchev–Trinajstić information content (AvgIpc) is 3.63. The van der Waals surface area contributed by atoms with E-state index in [2.05, 4.69) is 199 Å². The first-order valence-electron chi connectivity index (χ1n) is 18.8. The van der Waals surface area contributed by atoms with E-state index in [1.54, 1.807) is 0 Å². The second kappa shape index (κ2) is 12.7. The van der Waals surface area contributed by atoms with Crippen LogP contribution in [0.1, 0.15) is 5.56 Å². The van der Waals surface area contributed by atoms with Crippen molar-refractivity contribution in [2.24, 2.45) is 4.99 Å². The molecule has 3 heteroatoms. The lowest BCUT2D eigenvalue weighted by Gasteiger charge is -2.41. The van der Waals surface area contributed by atoms with Crippen molar-refractivity contribution in [3.63, 3.8) is 0 Å². The number of allylic oxidation sites excluding steroid dienone is 4. The van der Waals surface area contributed by atoms with E-state index in [-0.39, 0.29) is 0 Å². The summed E-state index contributed by atoms with van der Waals surface area (Å²) < 4.78 is 2.61. The van der Waals surface area contributed by atoms with Crippen molar-refractivity contribution >= 4 is 54.2 Å². The van der Waals surface area contributed by atoms with E-state index >= 15 is 0 Å². The van der Waals surface area contributed by atoms with Gasteiger partial charge in [-0.15, -0.1) is 11.3 Å². The van der Waals surface area contributed by atoms with Crippen molar-refractivity contribution in [3.8, 4) is 44.5 Å². The Labute approximate surface area is 324 Å². The van der Waals surface area contributed by atoms with Gasteiger partial charge in [-0.2, -0.15) is 0 Å². The third-order valence-electron chi connectivity index (χ3n) is 11.2. The summed E-state index contributed by atoms with van der Waals surface area (Å²) in [6.45, 7) is 0. The van der Waals surface area contributed by atoms with Crippen LogP contribution in [0.4, 0.5) is 11.4 Å². The summed E-state index contributed by atoms with van der Waals surface area (Å²) in [7, 11) is 0. The van der Waals surface area contributed by atoms with E-state index < -0.39 is 5.54 Å². The summed E-state index contributed by atoms with van der Waals surface area (Å²) >= 11 is 1.89. The molecule has 0 fully saturated rings. The molecule has 0 saturated carbocycles. The van der Waals surface area contributed by atoms with E-state index in [0.29, 0.717) is 0 Å². The van der Waals surface area contributed by atoms with E-state index in [9.17, 15) is 0 Å². The van der Waals surface area contributed by atoms with Crippen LogP contribution in [-0.2, 0) is 0 Å². The predicted molar refractivity (Wildman–Crippen MR) is 235 cm³/mol. The fourth-order valence-electron chi connectivity index (χ4n) is 8.40. The molecule has 0 bridgehead atoms. The molecule has 1 unspecified atom stereocenters. The van der Waals surface area contributed by atoms with Crippen LogP contribution in [0.15, 0.2) is 211 Å². The highest BCUT2D eigenvalue weighted by atomic mass is 32.1. The number of para-hydroxylation sites is 2. The maximum absolute atomic E-state index is 5.10. The van der Waals surface area contributed by atoms with Crippen LogP contribution < -0.4 is 5.32 Å². The van der Waals surface area contributed by atoms with Crippen molar-refractivity contribution in [3.05, 3.63) is 211 Å². The molecule has 1 spiro atoms. The van der Waals surface area contributed by atoms with Crippen LogP contribution in [0.2, 0.25) is 0 Å². The molecule has 2 heterocycles. The fraction of sp³-hybridized carbons (Fsp3) is 0.0192. The van der Waals surface area contributed by atoms with Gasteiger partial charge in [0.05, 0.1) is 17.1 Å². The first kappa shape index (κ1) is 31.7. The smallest absolute Gasteiger partial charge is 0.125 e. The molecule has 1 atom stereocenters. The molecule has 8 aromatic rings. The standard InChI is InChI=1S/C52H34N2S/c1-3-12-34(13-4-1)39-25-27-49-45(30-39)46-32-42(35-14-5-2-6-15-35)31-44(51(46)55-49)40-19-10-17-37(29-40)36-16-9-18-38(28-36)41-24-26-43-20-11-23-50-52(43,33-41)54-48-22-8-7-21-47(48)53-50/h1-33,54H. The number of aliphatic imine (C=N–C) groups is 1. The molecule has 0 saturated heterocycles. The fourth-order valence-corrected chi connectivity index (χ4v) is 9.60. The van der Waals surface area contributed by atoms with Gasteiger partial charge in [0, 0.05) is 25.7 Å². The number of rotatable bonds is 5. The van der Waals surface area contributed by atoms with Gasteiger partial charge in [-0.25, -0.2) is 4.99 Å². The number of hydrogen-bond donors (Lipinski definition) is 1. The highest BCUT2D eigenvalue weighted by Crippen LogP contribution is 2.46. The molecule has 2 nitrogen and oxygen atoms in total. The van der Waals surface area contributed by atoms with E-state index in [1.165, 1.54) is 81.4 Å². The van der Waals surface area contributed by atoms with Crippen molar-refractivity contribution < 1.29 is 0 Å². The summed E-state index contributed by atoms with van der Waals surface area (Å²) in [6, 6.07) is 59.5. The molecule has 258 valence electrons. The van der Waals surface area contributed by atoms with E-state index in [1.807, 2.05) is 17.4 Å². The van der Waals surface area contributed by atoms with Gasteiger partial charge in [0.1, 0.15) is 5.54 Å². The minimum atomic E-state index is -0.510. The zero-order chi connectivity index (χ0) is 36.3. The van der Waals surface area contributed by atoms with Gasteiger partial charge in [-0.05, 0) is 116 Å². The number of fused-ring (bicyclic) bond motifs is 4. The van der Waals surface area contributed by atoms with E-state index in [4.69, 9.17) is 4.99 Å². The molecule has 1 N–H and O–H groups in total. The van der Waals surface area contributed by atoms with Crippen molar-refractivity contribution in [1.29, 1.82) is 0 Å². The molecule has 55 heavy (non-hydrogen) atoms. The summed E-state index contributed by atoms with van der Waals surface area (Å²) in [5.41, 5.74) is 15.8. The normalized spacial score (nSPS) is 16.8. The number of thiophene rings is 1. The SMILES string of the molecule is C1=CC2=Nc3ccccc3NC23C=C(c2cccc(-c4cccc(-c5cc(-c6ccccc6)cc6c5sc5ccc(-c7ccccc7)cc56)c4)c2)C=CC3=C1. The first-order chi connectivity index (χ1) is 27.2. The molecule has 1 aliphatic heterocycles. The number of nitrogens with zero attached hydrogens (tertiary/aromatic N) is 1. The number of hydrogen-bond acceptors (Lipinski definition) is 3. The molecule has 7 aromatic carbocycles. The lowest BCUT2D eigenvalue weighted by molar-refractivity contribution is 0.885. The van der Waals surface area contributed by atoms with Gasteiger partial charge in [0.25, 0.3) is 0 Å². The average molecular weight is 719 g/mol. The zero-order valence-electron chi connectivity index (χ0n) is 29.9. The Hall–Kier alpha value is -6.81. The second-order valence-corrected chi connectivity index (χ2v) is 15.5. The van der Waals surface area contributed by atoms with Crippen LogP contribution in [-0.4, -0.2) is 11.3 Å². The van der Waals surface area contributed by atoms with Gasteiger partial charge < -0.3 is 5.32 Å². The molecular formula is C52H34N2S. The van der Waals surface area contributed by atoms with E-state index in [0.717, 1.165) is 17.1 Å². The number of anilines is 1. The Morgan fingerprint density at radius 2 is 1.15 bits per heavy atom. The molecule has 3 aliphatic rings. The molecule has 1 aromatic heterocycles. The monoisotopic (exact) mass is 718 g/mol. The third-order valence-corrected chi connectivity index (χ3v) is 12.4. The Bertz CT molecular complexity index is 3000. The highest BCUT2D eigenvalue weighted by Gasteiger charge is 2.41. The lowest BCUT2D eigenvalue weighted by atomic mass is 9.74. The summed E-state index contributed by atoms with van der Waals surface area (Å²) in [6.07, 6.45) is 13.2. The Morgan fingerprint density at radius 3 is 1.96 bits per heavy atom. The van der Waals surface area contributed by atoms with Crippen LogP contribution in [0.5, 0.6) is 0 Å². The molecule has 0 amide bonds. The predicted octanol–water partition coefficient (Wildman–Crippen LogP) is 14.1. The summed E-state index contributed by atoms with van der Waals surface area (Å²) in [5.74, 6) is 0. The van der Waals surface area contributed by atoms with Crippen LogP contribution >= 0.6 is 11.3 Å². The first-order valence-corrected chi connectivity index (χ1v) is 19.6. The molecule has 11 rings (SSSR count). The Kier molecular flexibility index (Phi) is 7.29. The lowest BCUT2D eigenvalue weighted by Crippen LogP contribution is -2.48. The maximum atomic E-state index is 5.10. The largest absolute Gasteiger partial charge is 0.365 e. The van der Waals surface area contributed by atoms with Gasteiger partial charge in [0.2, 0.25) is 0 Å². The molecule has 2 aliphatic carbocycles. The minimum absolute atomic E-state index is 0.510. The van der Waals surface area contributed by atoms with Crippen molar-refractivity contribution in [1.82, 2.24) is 0 Å². The molecule has 0 radical (unpaired) electrons. The van der Waals surface area contributed by atoms with Gasteiger partial charge in [-0.1, -0.05) is 140 Å². The summed E-state index contributed by atoms with van der Waals surface area (Å²) in [5, 5.41) is 6.46. The quantitative estimate of drug-likeness (QED) is 0.188. The molecular weight excluding hydrogens is 685 g/mol. The number of nitrogens with one attached hydrogen (secondary N) is 1. The number of benzene rings is 7. The topological polar surface area (TPSA) is 24.4 Å². The van der Waals surface area contributed by atoms with Crippen molar-refractivity contribution in [2.45, 2.75) is 5.54 Å². The Morgan fingerprint density at radius 1 is 0.491 bits per heavy atom. The van der Waals surface area contributed by atoms with Gasteiger partial charge in [0.15, 0.2) is 0 Å². The van der Waals surface area contributed by atoms with Crippen LogP contribution in [0.3, 0.4) is 0 Å². The van der Waals surface area contributed by atoms with Crippen LogP contribution in [0, 0.1) is 0 Å². The van der Waals surface area contributed by atoms with Crippen LogP contribution in [0.25, 0.3) is 70.3 Å². The minimum Gasteiger partial charge on any atom is -0.365 e. The third kappa shape index (κ3) is 5.35. The van der Waals surface area contributed by atoms with Gasteiger partial charge in [-0.3, -0.25) is 0 Å².